The first-order chi connectivity index (χ1) is 9.04. The van der Waals surface area contributed by atoms with Crippen LogP contribution in [0.1, 0.15) is 18.3 Å². The maximum atomic E-state index is 5.94. The Labute approximate surface area is 121 Å². The lowest BCUT2D eigenvalue weighted by Gasteiger charge is -2.21. The standard InChI is InChI=1S/C13H18BrN5/c1-4-10-13(14)12(19(3)17-10)8-18(2)11-5-6-16-7-9(11)15/h5-7H,4,8,15H2,1-3H3. The SMILES string of the molecule is CCc1nn(C)c(CN(C)c2ccncc2N)c1Br. The van der Waals surface area contributed by atoms with Gasteiger partial charge >= 0.3 is 0 Å². The minimum absolute atomic E-state index is 0.680. The Morgan fingerprint density at radius 1 is 1.47 bits per heavy atom. The van der Waals surface area contributed by atoms with Crippen LogP contribution < -0.4 is 10.6 Å². The van der Waals surface area contributed by atoms with Gasteiger partial charge in [0.25, 0.3) is 0 Å². The fraction of sp³-hybridized carbons (Fsp3) is 0.385. The predicted molar refractivity (Wildman–Crippen MR) is 81.0 cm³/mol. The van der Waals surface area contributed by atoms with Gasteiger partial charge in [0, 0.05) is 20.3 Å². The molecule has 0 saturated heterocycles. The van der Waals surface area contributed by atoms with Crippen LogP contribution in [-0.4, -0.2) is 21.8 Å². The molecule has 0 fully saturated rings. The number of aromatic nitrogens is 3. The van der Waals surface area contributed by atoms with Crippen LogP contribution in [0.2, 0.25) is 0 Å². The lowest BCUT2D eigenvalue weighted by Crippen LogP contribution is -2.20. The van der Waals surface area contributed by atoms with Gasteiger partial charge in [0.1, 0.15) is 0 Å². The molecular weight excluding hydrogens is 306 g/mol. The van der Waals surface area contributed by atoms with Crippen molar-refractivity contribution in [3.05, 3.63) is 34.3 Å². The van der Waals surface area contributed by atoms with E-state index in [9.17, 15) is 0 Å². The molecule has 0 saturated carbocycles. The van der Waals surface area contributed by atoms with Crippen molar-refractivity contribution in [2.75, 3.05) is 17.7 Å². The van der Waals surface area contributed by atoms with E-state index in [0.717, 1.165) is 34.5 Å². The molecule has 0 aromatic carbocycles. The number of aryl methyl sites for hydroxylation is 2. The molecule has 0 spiro atoms. The molecule has 0 amide bonds. The highest BCUT2D eigenvalue weighted by atomic mass is 79.9. The van der Waals surface area contributed by atoms with Gasteiger partial charge < -0.3 is 10.6 Å². The van der Waals surface area contributed by atoms with E-state index in [0.29, 0.717) is 5.69 Å². The highest BCUT2D eigenvalue weighted by Gasteiger charge is 2.15. The summed E-state index contributed by atoms with van der Waals surface area (Å²) in [5.41, 5.74) is 9.81. The summed E-state index contributed by atoms with van der Waals surface area (Å²) < 4.78 is 2.99. The molecule has 0 atom stereocenters. The summed E-state index contributed by atoms with van der Waals surface area (Å²) in [6.45, 7) is 2.83. The van der Waals surface area contributed by atoms with Crippen LogP contribution in [0.15, 0.2) is 22.9 Å². The van der Waals surface area contributed by atoms with Crippen LogP contribution in [0.4, 0.5) is 11.4 Å². The van der Waals surface area contributed by atoms with E-state index in [-0.39, 0.29) is 0 Å². The van der Waals surface area contributed by atoms with Gasteiger partial charge in [-0.05, 0) is 28.4 Å². The summed E-state index contributed by atoms with van der Waals surface area (Å²) in [7, 11) is 3.97. The van der Waals surface area contributed by atoms with Crippen molar-refractivity contribution in [1.82, 2.24) is 14.8 Å². The topological polar surface area (TPSA) is 60.0 Å². The summed E-state index contributed by atoms with van der Waals surface area (Å²) in [5, 5.41) is 4.50. The van der Waals surface area contributed by atoms with Crippen LogP contribution in [-0.2, 0) is 20.0 Å². The zero-order valence-electron chi connectivity index (χ0n) is 11.4. The summed E-state index contributed by atoms with van der Waals surface area (Å²) >= 11 is 3.63. The van der Waals surface area contributed by atoms with Crippen molar-refractivity contribution in [2.24, 2.45) is 7.05 Å². The van der Waals surface area contributed by atoms with Crippen molar-refractivity contribution in [2.45, 2.75) is 19.9 Å². The second-order valence-electron chi connectivity index (χ2n) is 4.48. The monoisotopic (exact) mass is 323 g/mol. The van der Waals surface area contributed by atoms with Crippen molar-refractivity contribution < 1.29 is 0 Å². The molecule has 2 aromatic rings. The number of hydrogen-bond donors (Lipinski definition) is 1. The molecule has 19 heavy (non-hydrogen) atoms. The largest absolute Gasteiger partial charge is 0.396 e. The van der Waals surface area contributed by atoms with Crippen molar-refractivity contribution >= 4 is 27.3 Å². The second-order valence-corrected chi connectivity index (χ2v) is 5.27. The third-order valence-electron chi connectivity index (χ3n) is 3.13. The van der Waals surface area contributed by atoms with E-state index in [1.54, 1.807) is 12.4 Å². The van der Waals surface area contributed by atoms with Gasteiger partial charge in [-0.2, -0.15) is 5.10 Å². The van der Waals surface area contributed by atoms with Crippen LogP contribution in [0, 0.1) is 0 Å². The fourth-order valence-corrected chi connectivity index (χ4v) is 2.79. The Hall–Kier alpha value is -1.56. The summed E-state index contributed by atoms with van der Waals surface area (Å²) in [6.07, 6.45) is 4.33. The molecule has 0 unspecified atom stereocenters. The highest BCUT2D eigenvalue weighted by Crippen LogP contribution is 2.26. The van der Waals surface area contributed by atoms with Crippen LogP contribution in [0.3, 0.4) is 0 Å². The number of nitrogens with zero attached hydrogens (tertiary/aromatic N) is 4. The first kappa shape index (κ1) is 13.9. The molecule has 2 N–H and O–H groups in total. The minimum Gasteiger partial charge on any atom is -0.396 e. The number of hydrogen-bond acceptors (Lipinski definition) is 4. The Morgan fingerprint density at radius 2 is 2.21 bits per heavy atom. The molecule has 0 aliphatic carbocycles. The van der Waals surface area contributed by atoms with Gasteiger partial charge in [0.2, 0.25) is 0 Å². The average molecular weight is 324 g/mol. The van der Waals surface area contributed by atoms with Crippen LogP contribution >= 0.6 is 15.9 Å². The van der Waals surface area contributed by atoms with Gasteiger partial charge in [-0.25, -0.2) is 0 Å². The smallest absolute Gasteiger partial charge is 0.0767 e. The minimum atomic E-state index is 0.680. The lowest BCUT2D eigenvalue weighted by atomic mass is 10.2. The molecule has 2 rings (SSSR count). The third-order valence-corrected chi connectivity index (χ3v) is 4.04. The Balaban J connectivity index is 2.27. The first-order valence-electron chi connectivity index (χ1n) is 6.15. The van der Waals surface area contributed by atoms with Crippen molar-refractivity contribution in [3.8, 4) is 0 Å². The number of anilines is 2. The maximum Gasteiger partial charge on any atom is 0.0767 e. The van der Waals surface area contributed by atoms with E-state index < -0.39 is 0 Å². The quantitative estimate of drug-likeness (QED) is 0.938. The summed E-state index contributed by atoms with van der Waals surface area (Å²) in [6, 6.07) is 1.92. The molecule has 0 aliphatic heterocycles. The number of halogens is 1. The number of pyridine rings is 1. The molecular formula is C13H18BrN5. The lowest BCUT2D eigenvalue weighted by molar-refractivity contribution is 0.688. The zero-order valence-corrected chi connectivity index (χ0v) is 13.0. The number of nitrogen functional groups attached to an aromatic ring is 1. The van der Waals surface area contributed by atoms with Gasteiger partial charge in [0.05, 0.1) is 40.0 Å². The van der Waals surface area contributed by atoms with Crippen molar-refractivity contribution in [1.29, 1.82) is 0 Å². The molecule has 6 heteroatoms. The van der Waals surface area contributed by atoms with Crippen LogP contribution in [0.25, 0.3) is 0 Å². The van der Waals surface area contributed by atoms with E-state index in [1.165, 1.54) is 0 Å². The van der Waals surface area contributed by atoms with Gasteiger partial charge in [0.15, 0.2) is 0 Å². The van der Waals surface area contributed by atoms with E-state index in [2.05, 4.69) is 37.8 Å². The van der Waals surface area contributed by atoms with Gasteiger partial charge in [-0.3, -0.25) is 9.67 Å². The number of nitrogens with two attached hydrogens (primary N) is 1. The molecule has 2 aromatic heterocycles. The summed E-state index contributed by atoms with van der Waals surface area (Å²) in [4.78, 5) is 6.10. The Kier molecular flexibility index (Phi) is 4.09. The first-order valence-corrected chi connectivity index (χ1v) is 6.94. The summed E-state index contributed by atoms with van der Waals surface area (Å²) in [5.74, 6) is 0. The fourth-order valence-electron chi connectivity index (χ4n) is 2.05. The van der Waals surface area contributed by atoms with E-state index in [4.69, 9.17) is 5.73 Å². The Morgan fingerprint density at radius 3 is 2.79 bits per heavy atom. The van der Waals surface area contributed by atoms with E-state index >= 15 is 0 Å². The molecule has 102 valence electrons. The predicted octanol–water partition coefficient (Wildman–Crippen LogP) is 2.36. The van der Waals surface area contributed by atoms with Gasteiger partial charge in [-0.1, -0.05) is 6.92 Å². The van der Waals surface area contributed by atoms with Gasteiger partial charge in [-0.15, -0.1) is 0 Å². The van der Waals surface area contributed by atoms with Crippen LogP contribution in [0.5, 0.6) is 0 Å². The molecule has 5 nitrogen and oxygen atoms in total. The second kappa shape index (κ2) is 5.61. The molecule has 0 aliphatic rings. The third kappa shape index (κ3) is 2.73. The molecule has 0 radical (unpaired) electrons. The average Bonchev–Trinajstić information content (AvgIpc) is 2.66. The molecule has 0 bridgehead atoms. The Bertz CT molecular complexity index is 578. The van der Waals surface area contributed by atoms with Crippen molar-refractivity contribution in [3.63, 3.8) is 0 Å². The maximum absolute atomic E-state index is 5.94. The molecule has 2 heterocycles. The normalized spacial score (nSPS) is 10.7. The highest BCUT2D eigenvalue weighted by molar-refractivity contribution is 9.10. The number of rotatable bonds is 4. The van der Waals surface area contributed by atoms with E-state index in [1.807, 2.05) is 24.8 Å². The zero-order chi connectivity index (χ0) is 14.0.